The summed E-state index contributed by atoms with van der Waals surface area (Å²) in [5, 5.41) is 3.76. The summed E-state index contributed by atoms with van der Waals surface area (Å²) in [6, 6.07) is 19.9. The van der Waals surface area contributed by atoms with E-state index in [-0.39, 0.29) is 11.3 Å². The molecule has 4 nitrogen and oxygen atoms in total. The lowest BCUT2D eigenvalue weighted by Gasteiger charge is -2.12. The first-order valence-corrected chi connectivity index (χ1v) is 10.5. The van der Waals surface area contributed by atoms with Gasteiger partial charge in [0.25, 0.3) is 0 Å². The molecule has 0 unspecified atom stereocenters. The predicted octanol–water partition coefficient (Wildman–Crippen LogP) is 6.96. The van der Waals surface area contributed by atoms with E-state index in [1.807, 2.05) is 43.3 Å². The van der Waals surface area contributed by atoms with E-state index in [2.05, 4.69) is 10.3 Å². The van der Waals surface area contributed by atoms with E-state index in [9.17, 15) is 18.0 Å². The summed E-state index contributed by atoms with van der Waals surface area (Å²) in [6.45, 7) is 0. The van der Waals surface area contributed by atoms with Crippen LogP contribution in [-0.2, 0) is 6.18 Å². The molecular weight excluding hydrogens is 439 g/mol. The van der Waals surface area contributed by atoms with Crippen LogP contribution in [0.15, 0.2) is 85.1 Å². The average Bonchev–Trinajstić information content (AvgIpc) is 2.82. The van der Waals surface area contributed by atoms with Crippen molar-refractivity contribution in [3.8, 4) is 0 Å². The molecule has 0 fully saturated rings. The Morgan fingerprint density at radius 1 is 0.941 bits per heavy atom. The second-order valence-corrected chi connectivity index (χ2v) is 7.97. The lowest BCUT2D eigenvalue weighted by atomic mass is 10.1. The number of rotatable bonds is 6. The Hall–Kier alpha value is -4.13. The summed E-state index contributed by atoms with van der Waals surface area (Å²) in [6.07, 6.45) is 0.332. The third-order valence-corrected chi connectivity index (χ3v) is 5.36. The number of anilines is 3. The van der Waals surface area contributed by atoms with Crippen molar-refractivity contribution in [1.29, 1.82) is 0 Å². The summed E-state index contributed by atoms with van der Waals surface area (Å²) in [4.78, 5) is 18.6. The van der Waals surface area contributed by atoms with E-state index < -0.39 is 11.7 Å². The molecule has 1 heterocycles. The number of pyridine rings is 1. The number of alkyl halides is 3. The quantitative estimate of drug-likeness (QED) is 0.249. The van der Waals surface area contributed by atoms with Crippen LogP contribution in [0.5, 0.6) is 0 Å². The number of ketones is 1. The number of halogens is 3. The number of carbonyl (C=O) groups excluding carboxylic acids is 1. The maximum atomic E-state index is 13.0. The number of nitrogens with zero attached hydrogens (tertiary/aromatic N) is 2. The molecule has 1 aromatic heterocycles. The highest BCUT2D eigenvalue weighted by Gasteiger charge is 2.30. The van der Waals surface area contributed by atoms with Gasteiger partial charge in [-0.2, -0.15) is 13.2 Å². The normalized spacial score (nSPS) is 11.7. The molecule has 4 rings (SSSR count). The number of carbonyl (C=O) groups is 1. The average molecular weight is 461 g/mol. The standard InChI is InChI=1S/C27H22F3N3O/c1-33(2)22-11-3-18(4-12-22)5-14-26(34)19-6-9-21(10-7-19)32-24-15-16-31-25-17-20(27(28,29)30)8-13-23(24)25/h3-17H,1-2H3,(H,31,32)/b14-5+. The van der Waals surface area contributed by atoms with Crippen molar-refractivity contribution in [2.45, 2.75) is 6.18 Å². The molecule has 0 saturated carbocycles. The highest BCUT2D eigenvalue weighted by atomic mass is 19.4. The smallest absolute Gasteiger partial charge is 0.378 e. The van der Waals surface area contributed by atoms with Gasteiger partial charge in [-0.3, -0.25) is 9.78 Å². The molecule has 1 N–H and O–H groups in total. The largest absolute Gasteiger partial charge is 0.416 e. The van der Waals surface area contributed by atoms with Crippen LogP contribution in [0.3, 0.4) is 0 Å². The topological polar surface area (TPSA) is 45.2 Å². The molecule has 34 heavy (non-hydrogen) atoms. The van der Waals surface area contributed by atoms with Gasteiger partial charge in [-0.1, -0.05) is 24.3 Å². The van der Waals surface area contributed by atoms with Crippen LogP contribution < -0.4 is 10.2 Å². The van der Waals surface area contributed by atoms with Crippen molar-refractivity contribution in [1.82, 2.24) is 4.98 Å². The van der Waals surface area contributed by atoms with Crippen LogP contribution in [0, 0.1) is 0 Å². The molecule has 0 spiro atoms. The molecule has 0 atom stereocenters. The molecular formula is C27H22F3N3O. The third kappa shape index (κ3) is 5.26. The van der Waals surface area contributed by atoms with E-state index in [0.29, 0.717) is 22.3 Å². The number of hydrogen-bond donors (Lipinski definition) is 1. The molecule has 0 aliphatic carbocycles. The van der Waals surface area contributed by atoms with Crippen LogP contribution >= 0.6 is 0 Å². The molecule has 3 aromatic carbocycles. The van der Waals surface area contributed by atoms with Crippen molar-refractivity contribution >= 4 is 39.8 Å². The van der Waals surface area contributed by atoms with Crippen LogP contribution in [0.4, 0.5) is 30.2 Å². The summed E-state index contributed by atoms with van der Waals surface area (Å²) >= 11 is 0. The van der Waals surface area contributed by atoms with Gasteiger partial charge in [0, 0.05) is 48.3 Å². The van der Waals surface area contributed by atoms with Gasteiger partial charge in [0.05, 0.1) is 11.1 Å². The van der Waals surface area contributed by atoms with Crippen molar-refractivity contribution in [3.63, 3.8) is 0 Å². The second kappa shape index (κ2) is 9.39. The lowest BCUT2D eigenvalue weighted by Crippen LogP contribution is -2.07. The summed E-state index contributed by atoms with van der Waals surface area (Å²) < 4.78 is 39.0. The number of benzene rings is 3. The lowest BCUT2D eigenvalue weighted by molar-refractivity contribution is -0.137. The Balaban J connectivity index is 1.47. The van der Waals surface area contributed by atoms with Crippen LogP contribution in [0.1, 0.15) is 21.5 Å². The van der Waals surface area contributed by atoms with Gasteiger partial charge in [-0.15, -0.1) is 0 Å². The van der Waals surface area contributed by atoms with E-state index >= 15 is 0 Å². The fraction of sp³-hybridized carbons (Fsp3) is 0.111. The molecule has 0 aliphatic heterocycles. The number of hydrogen-bond acceptors (Lipinski definition) is 4. The first-order valence-electron chi connectivity index (χ1n) is 10.5. The minimum atomic E-state index is -4.42. The zero-order valence-electron chi connectivity index (χ0n) is 18.6. The molecule has 0 saturated heterocycles. The van der Waals surface area contributed by atoms with E-state index in [4.69, 9.17) is 0 Å². The molecule has 172 valence electrons. The molecule has 7 heteroatoms. The third-order valence-electron chi connectivity index (χ3n) is 5.36. The van der Waals surface area contributed by atoms with E-state index in [0.717, 1.165) is 23.4 Å². The monoisotopic (exact) mass is 461 g/mol. The second-order valence-electron chi connectivity index (χ2n) is 7.97. The van der Waals surface area contributed by atoms with Gasteiger partial charge in [0.2, 0.25) is 0 Å². The molecule has 0 bridgehead atoms. The molecule has 0 aliphatic rings. The number of aromatic nitrogens is 1. The van der Waals surface area contributed by atoms with Gasteiger partial charge >= 0.3 is 6.18 Å². The van der Waals surface area contributed by atoms with Gasteiger partial charge in [-0.25, -0.2) is 0 Å². The minimum absolute atomic E-state index is 0.128. The van der Waals surface area contributed by atoms with Crippen molar-refractivity contribution in [2.24, 2.45) is 0 Å². The summed E-state index contributed by atoms with van der Waals surface area (Å²) in [5.41, 5.74) is 3.36. The molecule has 0 amide bonds. The van der Waals surface area contributed by atoms with Crippen LogP contribution in [0.25, 0.3) is 17.0 Å². The van der Waals surface area contributed by atoms with Gasteiger partial charge < -0.3 is 10.2 Å². The van der Waals surface area contributed by atoms with Gasteiger partial charge in [-0.05, 0) is 66.2 Å². The maximum absolute atomic E-state index is 13.0. The Morgan fingerprint density at radius 2 is 1.65 bits per heavy atom. The van der Waals surface area contributed by atoms with Crippen LogP contribution in [-0.4, -0.2) is 24.9 Å². The Bertz CT molecular complexity index is 1340. The maximum Gasteiger partial charge on any atom is 0.416 e. The van der Waals surface area contributed by atoms with Gasteiger partial charge in [0.15, 0.2) is 5.78 Å². The Labute approximate surface area is 195 Å². The fourth-order valence-corrected chi connectivity index (χ4v) is 3.46. The highest BCUT2D eigenvalue weighted by molar-refractivity contribution is 6.07. The molecule has 0 radical (unpaired) electrons. The highest BCUT2D eigenvalue weighted by Crippen LogP contribution is 2.33. The minimum Gasteiger partial charge on any atom is -0.378 e. The first-order chi connectivity index (χ1) is 16.2. The van der Waals surface area contributed by atoms with Gasteiger partial charge in [0.1, 0.15) is 0 Å². The predicted molar refractivity (Wildman–Crippen MR) is 131 cm³/mol. The Kier molecular flexibility index (Phi) is 6.36. The number of fused-ring (bicyclic) bond motifs is 1. The van der Waals surface area contributed by atoms with Crippen molar-refractivity contribution in [2.75, 3.05) is 24.3 Å². The number of allylic oxidation sites excluding steroid dienone is 1. The van der Waals surface area contributed by atoms with Crippen molar-refractivity contribution in [3.05, 3.63) is 102 Å². The fourth-order valence-electron chi connectivity index (χ4n) is 3.46. The Morgan fingerprint density at radius 3 is 2.29 bits per heavy atom. The summed E-state index contributed by atoms with van der Waals surface area (Å²) in [7, 11) is 3.93. The number of nitrogens with one attached hydrogen (secondary N) is 1. The zero-order chi connectivity index (χ0) is 24.3. The van der Waals surface area contributed by atoms with E-state index in [1.54, 1.807) is 36.4 Å². The van der Waals surface area contributed by atoms with Crippen molar-refractivity contribution < 1.29 is 18.0 Å². The molecule has 4 aromatic rings. The summed E-state index contributed by atoms with van der Waals surface area (Å²) in [5.74, 6) is -0.128. The first kappa shape index (κ1) is 23.0. The SMILES string of the molecule is CN(C)c1ccc(/C=C/C(=O)c2ccc(Nc3ccnc4cc(C(F)(F)F)ccc34)cc2)cc1. The van der Waals surface area contributed by atoms with E-state index in [1.165, 1.54) is 18.3 Å². The van der Waals surface area contributed by atoms with Crippen LogP contribution in [0.2, 0.25) is 0 Å². The zero-order valence-corrected chi connectivity index (χ0v) is 18.6.